The maximum absolute atomic E-state index is 6.24. The van der Waals surface area contributed by atoms with Crippen molar-refractivity contribution in [1.29, 1.82) is 0 Å². The second-order valence-electron chi connectivity index (χ2n) is 5.30. The number of amidine groups is 1. The Kier molecular flexibility index (Phi) is 4.49. The van der Waals surface area contributed by atoms with Gasteiger partial charge in [0.1, 0.15) is 5.84 Å². The molecule has 3 aromatic carbocycles. The van der Waals surface area contributed by atoms with Crippen molar-refractivity contribution in [2.24, 2.45) is 4.99 Å². The minimum absolute atomic E-state index is 0.627. The quantitative estimate of drug-likeness (QED) is 0.430. The number of hydrogen-bond donors (Lipinski definition) is 2. The Morgan fingerprint density at radius 3 is 2.61 bits per heavy atom. The highest BCUT2D eigenvalue weighted by Gasteiger charge is 2.08. The lowest BCUT2D eigenvalue weighted by atomic mass is 10.0. The first-order valence-electron chi connectivity index (χ1n) is 7.41. The van der Waals surface area contributed by atoms with Crippen LogP contribution in [0.3, 0.4) is 0 Å². The van der Waals surface area contributed by atoms with E-state index in [1.807, 2.05) is 48.5 Å². The standard InChI is InChI=1S/C19H18ClN3/c1-22-19(17-8-4-5-9-18(17)21)23-12-14-11-15(20)10-13-6-2-3-7-16(13)14/h2-11H,12,21H2,1H3,(H,22,23). The lowest BCUT2D eigenvalue weighted by Gasteiger charge is -2.13. The molecule has 0 spiro atoms. The van der Waals surface area contributed by atoms with Gasteiger partial charge in [-0.2, -0.15) is 0 Å². The summed E-state index contributed by atoms with van der Waals surface area (Å²) in [4.78, 5) is 4.33. The Labute approximate surface area is 140 Å². The number of benzene rings is 3. The summed E-state index contributed by atoms with van der Waals surface area (Å²) in [7, 11) is 1.75. The van der Waals surface area contributed by atoms with Gasteiger partial charge in [-0.3, -0.25) is 4.99 Å². The normalized spacial score (nSPS) is 11.7. The van der Waals surface area contributed by atoms with E-state index >= 15 is 0 Å². The maximum atomic E-state index is 6.24. The van der Waals surface area contributed by atoms with Crippen LogP contribution < -0.4 is 11.1 Å². The number of nitrogens with zero attached hydrogens (tertiary/aromatic N) is 1. The van der Waals surface area contributed by atoms with E-state index in [2.05, 4.69) is 22.4 Å². The van der Waals surface area contributed by atoms with Crippen LogP contribution >= 0.6 is 11.6 Å². The van der Waals surface area contributed by atoms with Crippen LogP contribution in [0, 0.1) is 0 Å². The first-order valence-corrected chi connectivity index (χ1v) is 7.79. The molecule has 0 heterocycles. The van der Waals surface area contributed by atoms with Gasteiger partial charge >= 0.3 is 0 Å². The molecule has 3 aromatic rings. The Bertz CT molecular complexity index is 871. The van der Waals surface area contributed by atoms with Crippen molar-refractivity contribution in [3.63, 3.8) is 0 Å². The molecule has 0 aliphatic carbocycles. The van der Waals surface area contributed by atoms with Gasteiger partial charge in [-0.25, -0.2) is 0 Å². The summed E-state index contributed by atoms with van der Waals surface area (Å²) in [6, 6.07) is 19.9. The molecule has 4 heteroatoms. The van der Waals surface area contributed by atoms with E-state index in [0.29, 0.717) is 12.2 Å². The number of nitrogen functional groups attached to an aromatic ring is 1. The first kappa shape index (κ1) is 15.4. The summed E-state index contributed by atoms with van der Waals surface area (Å²) in [5.41, 5.74) is 8.78. The summed E-state index contributed by atoms with van der Waals surface area (Å²) < 4.78 is 0. The lowest BCUT2D eigenvalue weighted by molar-refractivity contribution is 0.920. The number of nitrogens with one attached hydrogen (secondary N) is 1. The third-order valence-corrected chi connectivity index (χ3v) is 4.02. The van der Waals surface area contributed by atoms with Crippen molar-refractivity contribution in [3.05, 3.63) is 76.8 Å². The van der Waals surface area contributed by atoms with Crippen LogP contribution in [0.5, 0.6) is 0 Å². The van der Waals surface area contributed by atoms with Gasteiger partial charge in [-0.15, -0.1) is 0 Å². The monoisotopic (exact) mass is 323 g/mol. The highest BCUT2D eigenvalue weighted by atomic mass is 35.5. The molecule has 0 atom stereocenters. The minimum Gasteiger partial charge on any atom is -0.398 e. The molecule has 3 N–H and O–H groups in total. The molecule has 116 valence electrons. The van der Waals surface area contributed by atoms with Crippen LogP contribution in [0.1, 0.15) is 11.1 Å². The zero-order valence-corrected chi connectivity index (χ0v) is 13.6. The van der Waals surface area contributed by atoms with Crippen molar-refractivity contribution in [3.8, 4) is 0 Å². The minimum atomic E-state index is 0.627. The fourth-order valence-corrected chi connectivity index (χ4v) is 2.93. The molecule has 0 amide bonds. The molecule has 3 nitrogen and oxygen atoms in total. The number of para-hydroxylation sites is 1. The average molecular weight is 324 g/mol. The van der Waals surface area contributed by atoms with Gasteiger partial charge in [0.15, 0.2) is 0 Å². The predicted molar refractivity (Wildman–Crippen MR) is 99.1 cm³/mol. The van der Waals surface area contributed by atoms with Crippen molar-refractivity contribution in [2.75, 3.05) is 12.8 Å². The topological polar surface area (TPSA) is 50.4 Å². The molecule has 3 rings (SSSR count). The summed E-state index contributed by atoms with van der Waals surface area (Å²) in [5.74, 6) is 0.771. The van der Waals surface area contributed by atoms with Crippen molar-refractivity contribution in [1.82, 2.24) is 5.32 Å². The molecule has 0 aliphatic rings. The van der Waals surface area contributed by atoms with Gasteiger partial charge < -0.3 is 11.1 Å². The number of anilines is 1. The van der Waals surface area contributed by atoms with Crippen LogP contribution in [-0.2, 0) is 6.54 Å². The summed E-state index contributed by atoms with van der Waals surface area (Å²) in [5, 5.41) is 6.42. The predicted octanol–water partition coefficient (Wildman–Crippen LogP) is 4.24. The Morgan fingerprint density at radius 2 is 1.83 bits per heavy atom. The zero-order valence-electron chi connectivity index (χ0n) is 12.9. The highest BCUT2D eigenvalue weighted by Crippen LogP contribution is 2.24. The molecule has 0 aliphatic heterocycles. The van der Waals surface area contributed by atoms with Gasteiger partial charge in [0.05, 0.1) is 0 Å². The lowest BCUT2D eigenvalue weighted by Crippen LogP contribution is -2.25. The number of fused-ring (bicyclic) bond motifs is 1. The van der Waals surface area contributed by atoms with E-state index in [1.165, 1.54) is 5.39 Å². The maximum Gasteiger partial charge on any atom is 0.130 e. The third kappa shape index (κ3) is 3.30. The Morgan fingerprint density at radius 1 is 1.09 bits per heavy atom. The van der Waals surface area contributed by atoms with Gasteiger partial charge in [-0.1, -0.05) is 48.0 Å². The smallest absolute Gasteiger partial charge is 0.130 e. The second kappa shape index (κ2) is 6.71. The van der Waals surface area contributed by atoms with Crippen molar-refractivity contribution >= 4 is 33.9 Å². The van der Waals surface area contributed by atoms with Gasteiger partial charge in [0.2, 0.25) is 0 Å². The largest absolute Gasteiger partial charge is 0.398 e. The van der Waals surface area contributed by atoms with Crippen LogP contribution in [-0.4, -0.2) is 12.9 Å². The zero-order chi connectivity index (χ0) is 16.2. The van der Waals surface area contributed by atoms with Crippen molar-refractivity contribution in [2.45, 2.75) is 6.54 Å². The van der Waals surface area contributed by atoms with E-state index in [0.717, 1.165) is 27.4 Å². The summed E-state index contributed by atoms with van der Waals surface area (Å²) in [6.45, 7) is 0.627. The SMILES string of the molecule is CN=C(NCc1cc(Cl)cc2ccccc12)c1ccccc1N. The molecule has 0 fully saturated rings. The first-order chi connectivity index (χ1) is 11.2. The fraction of sp³-hybridized carbons (Fsp3) is 0.105. The van der Waals surface area contributed by atoms with E-state index in [9.17, 15) is 0 Å². The van der Waals surface area contributed by atoms with Gasteiger partial charge in [-0.05, 0) is 40.6 Å². The van der Waals surface area contributed by atoms with Crippen LogP contribution in [0.4, 0.5) is 5.69 Å². The number of halogens is 1. The molecule has 0 radical (unpaired) electrons. The fourth-order valence-electron chi connectivity index (χ4n) is 2.68. The number of hydrogen-bond acceptors (Lipinski definition) is 2. The summed E-state index contributed by atoms with van der Waals surface area (Å²) >= 11 is 6.24. The van der Waals surface area contributed by atoms with Gasteiger partial charge in [0, 0.05) is 29.9 Å². The molecule has 0 aromatic heterocycles. The molecule has 0 bridgehead atoms. The molecule has 23 heavy (non-hydrogen) atoms. The second-order valence-corrected chi connectivity index (χ2v) is 5.74. The molecular formula is C19H18ClN3. The number of nitrogens with two attached hydrogens (primary N) is 1. The van der Waals surface area contributed by atoms with Crippen molar-refractivity contribution < 1.29 is 0 Å². The van der Waals surface area contributed by atoms with E-state index in [-0.39, 0.29) is 0 Å². The molecule has 0 saturated heterocycles. The molecule has 0 unspecified atom stereocenters. The third-order valence-electron chi connectivity index (χ3n) is 3.80. The van der Waals surface area contributed by atoms with E-state index in [4.69, 9.17) is 17.3 Å². The molecular weight excluding hydrogens is 306 g/mol. The van der Waals surface area contributed by atoms with Gasteiger partial charge in [0.25, 0.3) is 0 Å². The molecule has 0 saturated carbocycles. The Balaban J connectivity index is 1.90. The highest BCUT2D eigenvalue weighted by molar-refractivity contribution is 6.31. The number of aliphatic imine (C=N–C) groups is 1. The summed E-state index contributed by atoms with van der Waals surface area (Å²) in [6.07, 6.45) is 0. The van der Waals surface area contributed by atoms with Crippen LogP contribution in [0.25, 0.3) is 10.8 Å². The van der Waals surface area contributed by atoms with Crippen LogP contribution in [0.2, 0.25) is 5.02 Å². The Hall–Kier alpha value is -2.52. The number of rotatable bonds is 3. The van der Waals surface area contributed by atoms with Crippen LogP contribution in [0.15, 0.2) is 65.7 Å². The average Bonchev–Trinajstić information content (AvgIpc) is 2.56. The van der Waals surface area contributed by atoms with E-state index < -0.39 is 0 Å². The van der Waals surface area contributed by atoms with E-state index in [1.54, 1.807) is 7.05 Å².